The number of hydrogen-bond acceptors (Lipinski definition) is 4. The van der Waals surface area contributed by atoms with E-state index in [1.54, 1.807) is 31.2 Å². The molecule has 4 aromatic rings. The summed E-state index contributed by atoms with van der Waals surface area (Å²) in [5.74, 6) is -0.428. The average Bonchev–Trinajstić information content (AvgIpc) is 2.79. The van der Waals surface area contributed by atoms with E-state index in [2.05, 4.69) is 15.2 Å². The number of alkyl halides is 2. The van der Waals surface area contributed by atoms with Crippen molar-refractivity contribution in [1.29, 1.82) is 0 Å². The lowest BCUT2D eigenvalue weighted by Crippen LogP contribution is -2.30. The van der Waals surface area contributed by atoms with Crippen LogP contribution in [-0.4, -0.2) is 22.3 Å². The third-order valence-corrected chi connectivity index (χ3v) is 5.14. The number of carbonyl (C=O) groups is 1. The first-order valence-electron chi connectivity index (χ1n) is 10.3. The van der Waals surface area contributed by atoms with E-state index in [1.165, 1.54) is 12.1 Å². The van der Waals surface area contributed by atoms with Crippen LogP contribution in [0, 0.1) is 6.92 Å². The third kappa shape index (κ3) is 5.23. The van der Waals surface area contributed by atoms with Crippen molar-refractivity contribution in [3.05, 3.63) is 100.0 Å². The van der Waals surface area contributed by atoms with Crippen LogP contribution < -0.4 is 15.6 Å². The minimum Gasteiger partial charge on any atom is -0.435 e. The largest absolute Gasteiger partial charge is 0.435 e. The Bertz CT molecular complexity index is 1350. The molecule has 0 saturated carbocycles. The van der Waals surface area contributed by atoms with E-state index in [4.69, 9.17) is 0 Å². The lowest BCUT2D eigenvalue weighted by atomic mass is 10.0. The Morgan fingerprint density at radius 2 is 1.73 bits per heavy atom. The summed E-state index contributed by atoms with van der Waals surface area (Å²) in [6, 6.07) is 20.8. The van der Waals surface area contributed by atoms with Gasteiger partial charge in [0.15, 0.2) is 0 Å². The van der Waals surface area contributed by atoms with Crippen molar-refractivity contribution in [2.75, 3.05) is 5.32 Å². The first-order valence-corrected chi connectivity index (χ1v) is 10.3. The van der Waals surface area contributed by atoms with Crippen LogP contribution in [0.1, 0.15) is 16.8 Å². The number of rotatable bonds is 7. The van der Waals surface area contributed by atoms with Gasteiger partial charge in [0.2, 0.25) is 5.91 Å². The van der Waals surface area contributed by atoms with Crippen LogP contribution in [-0.2, 0) is 17.8 Å². The molecule has 4 rings (SSSR count). The summed E-state index contributed by atoms with van der Waals surface area (Å²) in [6.07, 6.45) is 0.345. The minimum absolute atomic E-state index is 0.0369. The Morgan fingerprint density at radius 1 is 1.03 bits per heavy atom. The van der Waals surface area contributed by atoms with Gasteiger partial charge < -0.3 is 10.1 Å². The standard InChI is InChI=1S/C25H21F2N3O3/c1-16-20-9-5-6-10-21(20)24(32)30(29-16)15-23(31)28-19-11-12-22(33-25(26)27)18(14-19)13-17-7-3-2-4-8-17/h2-12,14,25H,13,15H2,1H3,(H,28,31). The topological polar surface area (TPSA) is 73.2 Å². The van der Waals surface area contributed by atoms with E-state index in [-0.39, 0.29) is 17.9 Å². The summed E-state index contributed by atoms with van der Waals surface area (Å²) in [7, 11) is 0. The molecule has 168 valence electrons. The summed E-state index contributed by atoms with van der Waals surface area (Å²) in [5, 5.41) is 8.17. The molecule has 0 radical (unpaired) electrons. The van der Waals surface area contributed by atoms with E-state index >= 15 is 0 Å². The second-order valence-corrected chi connectivity index (χ2v) is 7.51. The molecule has 0 spiro atoms. The minimum atomic E-state index is -2.96. The lowest BCUT2D eigenvalue weighted by molar-refractivity contribution is -0.117. The Kier molecular flexibility index (Phi) is 6.44. The zero-order valence-electron chi connectivity index (χ0n) is 17.8. The van der Waals surface area contributed by atoms with Gasteiger partial charge >= 0.3 is 6.61 Å². The van der Waals surface area contributed by atoms with Gasteiger partial charge in [0.05, 0.1) is 11.1 Å². The molecule has 33 heavy (non-hydrogen) atoms. The summed E-state index contributed by atoms with van der Waals surface area (Å²) >= 11 is 0. The Morgan fingerprint density at radius 3 is 2.45 bits per heavy atom. The lowest BCUT2D eigenvalue weighted by Gasteiger charge is -2.14. The molecule has 6 nitrogen and oxygen atoms in total. The molecular weight excluding hydrogens is 428 g/mol. The second-order valence-electron chi connectivity index (χ2n) is 7.51. The van der Waals surface area contributed by atoms with Gasteiger partial charge in [0.25, 0.3) is 5.56 Å². The maximum absolute atomic E-state index is 12.8. The zero-order valence-corrected chi connectivity index (χ0v) is 17.8. The smallest absolute Gasteiger partial charge is 0.387 e. The number of nitrogens with zero attached hydrogens (tertiary/aromatic N) is 2. The molecule has 0 unspecified atom stereocenters. The number of benzene rings is 3. The van der Waals surface area contributed by atoms with Crippen molar-refractivity contribution in [3.8, 4) is 5.75 Å². The molecular formula is C25H21F2N3O3. The number of fused-ring (bicyclic) bond motifs is 1. The molecule has 3 aromatic carbocycles. The van der Waals surface area contributed by atoms with Gasteiger partial charge in [-0.05, 0) is 36.8 Å². The average molecular weight is 449 g/mol. The van der Waals surface area contributed by atoms with Gasteiger partial charge in [0, 0.05) is 23.1 Å². The quantitative estimate of drug-likeness (QED) is 0.450. The predicted molar refractivity (Wildman–Crippen MR) is 122 cm³/mol. The molecule has 8 heteroatoms. The van der Waals surface area contributed by atoms with Gasteiger partial charge in [-0.25, -0.2) is 4.68 Å². The number of amides is 1. The van der Waals surface area contributed by atoms with Crippen LogP contribution in [0.25, 0.3) is 10.8 Å². The zero-order chi connectivity index (χ0) is 23.4. The Hall–Kier alpha value is -4.07. The number of ether oxygens (including phenoxy) is 1. The summed E-state index contributed by atoms with van der Waals surface area (Å²) in [4.78, 5) is 25.4. The fraction of sp³-hybridized carbons (Fsp3) is 0.160. The number of nitrogens with one attached hydrogen (secondary N) is 1. The van der Waals surface area contributed by atoms with Gasteiger partial charge in [-0.3, -0.25) is 9.59 Å². The highest BCUT2D eigenvalue weighted by Gasteiger charge is 2.14. The summed E-state index contributed by atoms with van der Waals surface area (Å²) in [6.45, 7) is -1.48. The highest BCUT2D eigenvalue weighted by Crippen LogP contribution is 2.27. The van der Waals surface area contributed by atoms with Crippen LogP contribution in [0.4, 0.5) is 14.5 Å². The van der Waals surface area contributed by atoms with Crippen LogP contribution >= 0.6 is 0 Å². The molecule has 0 saturated heterocycles. The molecule has 1 amide bonds. The molecule has 0 atom stereocenters. The third-order valence-electron chi connectivity index (χ3n) is 5.14. The van der Waals surface area contributed by atoms with Gasteiger partial charge in [-0.15, -0.1) is 0 Å². The maximum atomic E-state index is 12.8. The fourth-order valence-electron chi connectivity index (χ4n) is 3.67. The molecule has 0 fully saturated rings. The normalized spacial score (nSPS) is 11.0. The highest BCUT2D eigenvalue weighted by atomic mass is 19.3. The van der Waals surface area contributed by atoms with Crippen molar-refractivity contribution >= 4 is 22.4 Å². The Balaban J connectivity index is 1.57. The van der Waals surface area contributed by atoms with Crippen LogP contribution in [0.2, 0.25) is 0 Å². The number of halogens is 2. The SMILES string of the molecule is Cc1nn(CC(=O)Nc2ccc(OC(F)F)c(Cc3ccccc3)c2)c(=O)c2ccccc12. The molecule has 1 heterocycles. The van der Waals surface area contributed by atoms with Crippen LogP contribution in [0.15, 0.2) is 77.6 Å². The van der Waals surface area contributed by atoms with Crippen LogP contribution in [0.5, 0.6) is 5.75 Å². The van der Waals surface area contributed by atoms with E-state index in [1.807, 2.05) is 36.4 Å². The van der Waals surface area contributed by atoms with Crippen molar-refractivity contribution in [2.24, 2.45) is 0 Å². The van der Waals surface area contributed by atoms with Gasteiger partial charge in [-0.1, -0.05) is 48.5 Å². The second kappa shape index (κ2) is 9.60. The molecule has 1 N–H and O–H groups in total. The van der Waals surface area contributed by atoms with Crippen molar-refractivity contribution < 1.29 is 18.3 Å². The summed E-state index contributed by atoms with van der Waals surface area (Å²) in [5.41, 5.74) is 2.07. The fourth-order valence-corrected chi connectivity index (χ4v) is 3.67. The van der Waals surface area contributed by atoms with Gasteiger partial charge in [-0.2, -0.15) is 13.9 Å². The van der Waals surface area contributed by atoms with E-state index in [0.29, 0.717) is 28.8 Å². The number of aryl methyl sites for hydroxylation is 1. The van der Waals surface area contributed by atoms with E-state index < -0.39 is 12.5 Å². The monoisotopic (exact) mass is 449 g/mol. The Labute approximate surface area is 188 Å². The predicted octanol–water partition coefficient (Wildman–Crippen LogP) is 4.54. The molecule has 0 bridgehead atoms. The first-order chi connectivity index (χ1) is 15.9. The van der Waals surface area contributed by atoms with E-state index in [0.717, 1.165) is 15.6 Å². The molecule has 0 aliphatic heterocycles. The van der Waals surface area contributed by atoms with E-state index in [9.17, 15) is 18.4 Å². The number of carbonyl (C=O) groups excluding carboxylic acids is 1. The van der Waals surface area contributed by atoms with Gasteiger partial charge in [0.1, 0.15) is 12.3 Å². The maximum Gasteiger partial charge on any atom is 0.387 e. The molecule has 0 aliphatic rings. The number of aromatic nitrogens is 2. The first kappa shape index (κ1) is 22.1. The molecule has 1 aromatic heterocycles. The number of anilines is 1. The number of hydrogen-bond donors (Lipinski definition) is 1. The molecule has 0 aliphatic carbocycles. The van der Waals surface area contributed by atoms with Crippen molar-refractivity contribution in [3.63, 3.8) is 0 Å². The van der Waals surface area contributed by atoms with Crippen LogP contribution in [0.3, 0.4) is 0 Å². The van der Waals surface area contributed by atoms with Crippen molar-refractivity contribution in [2.45, 2.75) is 26.5 Å². The van der Waals surface area contributed by atoms with Crippen molar-refractivity contribution in [1.82, 2.24) is 9.78 Å². The summed E-state index contributed by atoms with van der Waals surface area (Å²) < 4.78 is 31.4. The highest BCUT2D eigenvalue weighted by molar-refractivity contribution is 5.91.